The normalized spacial score (nSPS) is 20.0. The van der Waals surface area contributed by atoms with Crippen molar-refractivity contribution in [1.82, 2.24) is 10.7 Å². The number of hydrogen-bond acceptors (Lipinski definition) is 6. The molecule has 1 aromatic rings. The molecule has 0 spiro atoms. The molecule has 10 heteroatoms. The van der Waals surface area contributed by atoms with Crippen molar-refractivity contribution in [3.63, 3.8) is 0 Å². The lowest BCUT2D eigenvalue weighted by Crippen LogP contribution is -2.33. The predicted octanol–water partition coefficient (Wildman–Crippen LogP) is 1.61. The minimum absolute atomic E-state index is 0.205. The molecule has 2 heterocycles. The maximum absolute atomic E-state index is 14.5. The Balaban J connectivity index is 1.73. The third-order valence-corrected chi connectivity index (χ3v) is 5.01. The van der Waals surface area contributed by atoms with E-state index in [1.165, 1.54) is 29.7 Å². The molecule has 25 heavy (non-hydrogen) atoms. The molecule has 1 atom stereocenters. The largest absolute Gasteiger partial charge is 0.442 e. The first-order valence-electron chi connectivity index (χ1n) is 7.46. The van der Waals surface area contributed by atoms with E-state index in [9.17, 15) is 14.0 Å². The number of anilines is 1. The first-order chi connectivity index (χ1) is 11.9. The molecule has 2 aliphatic rings. The molecule has 2 N–H and O–H groups in total. The number of carbonyl (C=O) groups excluding carboxylic acids is 2. The van der Waals surface area contributed by atoms with Crippen molar-refractivity contribution >= 4 is 51.7 Å². The first-order valence-corrected chi connectivity index (χ1v) is 8.85. The average molecular weight is 382 g/mol. The summed E-state index contributed by atoms with van der Waals surface area (Å²) in [5, 5.41) is 7.14. The Bertz CT molecular complexity index is 771. The molecule has 0 aliphatic carbocycles. The van der Waals surface area contributed by atoms with Crippen LogP contribution in [-0.2, 0) is 9.53 Å². The summed E-state index contributed by atoms with van der Waals surface area (Å²) in [5.41, 5.74) is 3.41. The summed E-state index contributed by atoms with van der Waals surface area (Å²) in [6, 6.07) is 4.48. The van der Waals surface area contributed by atoms with Crippen LogP contribution in [-0.4, -0.2) is 47.0 Å². The second kappa shape index (κ2) is 7.36. The number of nitrogens with one attached hydrogen (secondary N) is 2. The van der Waals surface area contributed by atoms with Crippen LogP contribution in [0.3, 0.4) is 0 Å². The summed E-state index contributed by atoms with van der Waals surface area (Å²) in [7, 11) is 0. The Morgan fingerprint density at radius 1 is 1.60 bits per heavy atom. The Kier molecular flexibility index (Phi) is 5.19. The number of rotatable bonds is 4. The number of halogens is 1. The lowest BCUT2D eigenvalue weighted by molar-refractivity contribution is -0.119. The minimum atomic E-state index is -0.570. The standard InChI is InChI=1S/C15H15FN4O3S2/c1-8(21)17-5-10-6-20(15(22)23-10)9-2-3-11(12(16)4-9)14-19-18-13(24)7-25-14/h2-4,10H,5-7H2,1H3,(H,17,21)(H,18,24). The summed E-state index contributed by atoms with van der Waals surface area (Å²) in [6.45, 7) is 1.84. The molecule has 0 bridgehead atoms. The molecule has 1 saturated heterocycles. The second-order valence-corrected chi connectivity index (χ2v) is 6.92. The van der Waals surface area contributed by atoms with Crippen molar-refractivity contribution in [2.75, 3.05) is 23.7 Å². The van der Waals surface area contributed by atoms with Crippen LogP contribution >= 0.6 is 24.0 Å². The van der Waals surface area contributed by atoms with Crippen molar-refractivity contribution in [2.45, 2.75) is 13.0 Å². The molecule has 0 aromatic heterocycles. The van der Waals surface area contributed by atoms with Gasteiger partial charge in [0.25, 0.3) is 0 Å². The topological polar surface area (TPSA) is 83.0 Å². The number of thioether (sulfide) groups is 1. The maximum atomic E-state index is 14.5. The fourth-order valence-corrected chi connectivity index (χ4v) is 3.38. The molecule has 0 radical (unpaired) electrons. The number of nitrogens with zero attached hydrogens (tertiary/aromatic N) is 2. The van der Waals surface area contributed by atoms with Crippen LogP contribution in [0.1, 0.15) is 12.5 Å². The number of benzene rings is 1. The van der Waals surface area contributed by atoms with Crippen molar-refractivity contribution in [1.29, 1.82) is 0 Å². The molecule has 2 amide bonds. The van der Waals surface area contributed by atoms with Gasteiger partial charge in [-0.05, 0) is 18.2 Å². The third kappa shape index (κ3) is 4.07. The Labute approximate surface area is 153 Å². The molecule has 1 fully saturated rings. The van der Waals surface area contributed by atoms with Gasteiger partial charge in [-0.1, -0.05) is 24.0 Å². The van der Waals surface area contributed by atoms with Crippen LogP contribution in [0.5, 0.6) is 0 Å². The van der Waals surface area contributed by atoms with Crippen molar-refractivity contribution in [3.05, 3.63) is 29.6 Å². The number of hydrazone groups is 1. The number of hydrogen-bond donors (Lipinski definition) is 2. The summed E-state index contributed by atoms with van der Waals surface area (Å²) in [5.74, 6) is -0.154. The molecule has 3 rings (SSSR count). The van der Waals surface area contributed by atoms with Gasteiger partial charge >= 0.3 is 6.09 Å². The van der Waals surface area contributed by atoms with Crippen LogP contribution in [0.4, 0.5) is 14.9 Å². The van der Waals surface area contributed by atoms with E-state index in [4.69, 9.17) is 17.0 Å². The molecule has 7 nitrogen and oxygen atoms in total. The van der Waals surface area contributed by atoms with Gasteiger partial charge in [0.15, 0.2) is 0 Å². The van der Waals surface area contributed by atoms with E-state index >= 15 is 0 Å². The van der Waals surface area contributed by atoms with Gasteiger partial charge in [-0.3, -0.25) is 15.1 Å². The fourth-order valence-electron chi connectivity index (χ4n) is 2.39. The highest BCUT2D eigenvalue weighted by atomic mass is 32.2. The van der Waals surface area contributed by atoms with Gasteiger partial charge in [0.2, 0.25) is 5.91 Å². The Morgan fingerprint density at radius 3 is 3.04 bits per heavy atom. The summed E-state index contributed by atoms with van der Waals surface area (Å²) < 4.78 is 19.6. The SMILES string of the molecule is CC(=O)NCC1CN(c2ccc(C3=NNC(=S)CS3)c(F)c2)C(=O)O1. The summed E-state index contributed by atoms with van der Waals surface area (Å²) in [4.78, 5) is 24.9. The molecule has 2 aliphatic heterocycles. The van der Waals surface area contributed by atoms with Gasteiger partial charge in [-0.15, -0.1) is 0 Å². The Morgan fingerprint density at radius 2 is 2.40 bits per heavy atom. The lowest BCUT2D eigenvalue weighted by atomic mass is 10.2. The molecule has 0 saturated carbocycles. The highest BCUT2D eigenvalue weighted by molar-refractivity contribution is 8.15. The lowest BCUT2D eigenvalue weighted by Gasteiger charge is -2.17. The molecular formula is C15H15FN4O3S2. The highest BCUT2D eigenvalue weighted by Gasteiger charge is 2.33. The molecule has 132 valence electrons. The van der Waals surface area contributed by atoms with Crippen LogP contribution in [0.2, 0.25) is 0 Å². The van der Waals surface area contributed by atoms with Crippen molar-refractivity contribution in [2.24, 2.45) is 5.10 Å². The predicted molar refractivity (Wildman–Crippen MR) is 97.4 cm³/mol. The van der Waals surface area contributed by atoms with Crippen LogP contribution in [0.15, 0.2) is 23.3 Å². The van der Waals surface area contributed by atoms with Crippen LogP contribution in [0, 0.1) is 5.82 Å². The number of carbonyl (C=O) groups is 2. The van der Waals surface area contributed by atoms with Crippen LogP contribution < -0.4 is 15.6 Å². The van der Waals surface area contributed by atoms with Crippen molar-refractivity contribution in [3.8, 4) is 0 Å². The summed E-state index contributed by atoms with van der Waals surface area (Å²) in [6.07, 6.45) is -1.04. The van der Waals surface area contributed by atoms with E-state index in [0.717, 1.165) is 0 Å². The number of cyclic esters (lactones) is 1. The molecular weight excluding hydrogens is 367 g/mol. The van der Waals surface area contributed by atoms with E-state index in [-0.39, 0.29) is 19.0 Å². The summed E-state index contributed by atoms with van der Waals surface area (Å²) >= 11 is 6.33. The molecule has 1 unspecified atom stereocenters. The average Bonchev–Trinajstić information content (AvgIpc) is 2.95. The Hall–Kier alpha value is -2.20. The fraction of sp³-hybridized carbons (Fsp3) is 0.333. The van der Waals surface area contributed by atoms with Gasteiger partial charge in [0, 0.05) is 12.5 Å². The first kappa shape index (κ1) is 17.6. The molecule has 1 aromatic carbocycles. The van der Waals surface area contributed by atoms with Gasteiger partial charge in [-0.2, -0.15) is 5.10 Å². The zero-order valence-electron chi connectivity index (χ0n) is 13.2. The van der Waals surface area contributed by atoms with E-state index in [0.29, 0.717) is 27.0 Å². The van der Waals surface area contributed by atoms with Gasteiger partial charge < -0.3 is 10.1 Å². The monoisotopic (exact) mass is 382 g/mol. The van der Waals surface area contributed by atoms with Gasteiger partial charge in [0.05, 0.1) is 24.5 Å². The number of thiocarbonyl (C=S) groups is 1. The van der Waals surface area contributed by atoms with E-state index < -0.39 is 18.0 Å². The number of ether oxygens (including phenoxy) is 1. The van der Waals surface area contributed by atoms with E-state index in [1.807, 2.05) is 0 Å². The highest BCUT2D eigenvalue weighted by Crippen LogP contribution is 2.26. The smallest absolute Gasteiger partial charge is 0.414 e. The zero-order valence-corrected chi connectivity index (χ0v) is 14.9. The third-order valence-electron chi connectivity index (χ3n) is 3.57. The quantitative estimate of drug-likeness (QED) is 0.770. The maximum Gasteiger partial charge on any atom is 0.414 e. The van der Waals surface area contributed by atoms with Gasteiger partial charge in [-0.25, -0.2) is 9.18 Å². The zero-order chi connectivity index (χ0) is 18.0. The number of amides is 2. The van der Waals surface area contributed by atoms with E-state index in [2.05, 4.69) is 15.8 Å². The van der Waals surface area contributed by atoms with Crippen LogP contribution in [0.25, 0.3) is 0 Å². The van der Waals surface area contributed by atoms with E-state index in [1.54, 1.807) is 12.1 Å². The second-order valence-electron chi connectivity index (χ2n) is 5.46. The van der Waals surface area contributed by atoms with Crippen molar-refractivity contribution < 1.29 is 18.7 Å². The van der Waals surface area contributed by atoms with Gasteiger partial charge in [0.1, 0.15) is 22.0 Å². The minimum Gasteiger partial charge on any atom is -0.442 e.